The van der Waals surface area contributed by atoms with Gasteiger partial charge in [0.1, 0.15) is 0 Å². The van der Waals surface area contributed by atoms with E-state index in [1.165, 1.54) is 6.92 Å². The highest BCUT2D eigenvalue weighted by atomic mass is 16.1. The van der Waals surface area contributed by atoms with Crippen molar-refractivity contribution >= 4 is 11.7 Å². The molecule has 0 aliphatic carbocycles. The van der Waals surface area contributed by atoms with Crippen molar-refractivity contribution in [3.05, 3.63) is 35.9 Å². The van der Waals surface area contributed by atoms with Crippen LogP contribution >= 0.6 is 0 Å². The van der Waals surface area contributed by atoms with Gasteiger partial charge in [0.2, 0.25) is 5.91 Å². The summed E-state index contributed by atoms with van der Waals surface area (Å²) in [6.45, 7) is 2.87. The van der Waals surface area contributed by atoms with E-state index in [0.717, 1.165) is 5.56 Å². The SMILES string of the molecule is CC(=O)c1ccccc1.CC(N)=O. The van der Waals surface area contributed by atoms with Gasteiger partial charge in [0, 0.05) is 12.5 Å². The van der Waals surface area contributed by atoms with Crippen molar-refractivity contribution in [2.45, 2.75) is 13.8 Å². The number of primary amides is 1. The number of carbonyl (C=O) groups is 2. The zero-order valence-electron chi connectivity index (χ0n) is 7.78. The van der Waals surface area contributed by atoms with Gasteiger partial charge < -0.3 is 5.73 Å². The van der Waals surface area contributed by atoms with Gasteiger partial charge in [-0.2, -0.15) is 0 Å². The summed E-state index contributed by atoms with van der Waals surface area (Å²) in [4.78, 5) is 19.9. The molecule has 13 heavy (non-hydrogen) atoms. The lowest BCUT2D eigenvalue weighted by atomic mass is 10.2. The number of nitrogens with two attached hydrogens (primary N) is 1. The number of hydrogen-bond acceptors (Lipinski definition) is 2. The van der Waals surface area contributed by atoms with Crippen LogP contribution in [0.15, 0.2) is 30.3 Å². The Hall–Kier alpha value is -1.64. The Bertz CT molecular complexity index is 276. The normalized spacial score (nSPS) is 8.15. The molecule has 1 aromatic rings. The van der Waals surface area contributed by atoms with Crippen molar-refractivity contribution in [2.75, 3.05) is 0 Å². The van der Waals surface area contributed by atoms with Crippen LogP contribution in [0.3, 0.4) is 0 Å². The molecule has 0 aromatic heterocycles. The monoisotopic (exact) mass is 179 g/mol. The van der Waals surface area contributed by atoms with E-state index in [4.69, 9.17) is 0 Å². The number of hydrogen-bond donors (Lipinski definition) is 1. The van der Waals surface area contributed by atoms with Crippen LogP contribution in [0, 0.1) is 0 Å². The maximum absolute atomic E-state index is 10.6. The van der Waals surface area contributed by atoms with Gasteiger partial charge in [-0.25, -0.2) is 0 Å². The first-order chi connectivity index (χ1) is 6.04. The van der Waals surface area contributed by atoms with Crippen molar-refractivity contribution in [1.29, 1.82) is 0 Å². The van der Waals surface area contributed by atoms with Crippen LogP contribution in [0.1, 0.15) is 24.2 Å². The third-order valence-electron chi connectivity index (χ3n) is 1.18. The molecule has 70 valence electrons. The largest absolute Gasteiger partial charge is 0.370 e. The second kappa shape index (κ2) is 5.94. The van der Waals surface area contributed by atoms with Gasteiger partial charge in [-0.15, -0.1) is 0 Å². The van der Waals surface area contributed by atoms with Crippen molar-refractivity contribution < 1.29 is 9.59 Å². The highest BCUT2D eigenvalue weighted by molar-refractivity contribution is 5.93. The average molecular weight is 179 g/mol. The van der Waals surface area contributed by atoms with Crippen LogP contribution in [0.25, 0.3) is 0 Å². The van der Waals surface area contributed by atoms with Crippen molar-refractivity contribution in [3.63, 3.8) is 0 Å². The molecule has 0 saturated carbocycles. The predicted octanol–water partition coefficient (Wildman–Crippen LogP) is 1.38. The maximum atomic E-state index is 10.6. The standard InChI is InChI=1S/C8H8O.C2H5NO/c1-7(9)8-5-3-2-4-6-8;1-2(3)4/h2-6H,1H3;1H3,(H2,3,4). The molecular formula is C10H13NO2. The van der Waals surface area contributed by atoms with Gasteiger partial charge in [-0.05, 0) is 6.92 Å². The molecule has 2 N–H and O–H groups in total. The van der Waals surface area contributed by atoms with Crippen LogP contribution in [0.2, 0.25) is 0 Å². The molecule has 0 bridgehead atoms. The molecule has 0 spiro atoms. The molecule has 0 saturated heterocycles. The summed E-state index contributed by atoms with van der Waals surface area (Å²) < 4.78 is 0. The van der Waals surface area contributed by atoms with E-state index in [2.05, 4.69) is 5.73 Å². The summed E-state index contributed by atoms with van der Waals surface area (Å²) in [7, 11) is 0. The van der Waals surface area contributed by atoms with Crippen LogP contribution in [0.4, 0.5) is 0 Å². The number of carbonyl (C=O) groups excluding carboxylic acids is 2. The van der Waals surface area contributed by atoms with Crippen molar-refractivity contribution in [1.82, 2.24) is 0 Å². The number of benzene rings is 1. The number of amides is 1. The van der Waals surface area contributed by atoms with Gasteiger partial charge in [0.15, 0.2) is 5.78 Å². The number of Topliss-reactive ketones (excluding diaryl/α,β-unsaturated/α-hetero) is 1. The van der Waals surface area contributed by atoms with E-state index in [1.807, 2.05) is 30.3 Å². The summed E-state index contributed by atoms with van der Waals surface area (Å²) in [6.07, 6.45) is 0. The van der Waals surface area contributed by atoms with Crippen molar-refractivity contribution in [2.24, 2.45) is 5.73 Å². The Morgan fingerprint density at radius 2 is 1.46 bits per heavy atom. The highest BCUT2D eigenvalue weighted by Crippen LogP contribution is 1.97. The molecule has 0 fully saturated rings. The minimum absolute atomic E-state index is 0.121. The molecule has 1 aromatic carbocycles. The molecule has 3 nitrogen and oxygen atoms in total. The Kier molecular flexibility index (Phi) is 5.19. The van der Waals surface area contributed by atoms with Crippen LogP contribution < -0.4 is 5.73 Å². The van der Waals surface area contributed by atoms with Gasteiger partial charge in [-0.3, -0.25) is 9.59 Å². The lowest BCUT2D eigenvalue weighted by molar-refractivity contribution is -0.115. The number of rotatable bonds is 1. The van der Waals surface area contributed by atoms with Crippen LogP contribution in [0.5, 0.6) is 0 Å². The molecular weight excluding hydrogens is 166 g/mol. The highest BCUT2D eigenvalue weighted by Gasteiger charge is 1.92. The second-order valence-corrected chi connectivity index (χ2v) is 2.53. The average Bonchev–Trinajstić information content (AvgIpc) is 2.05. The molecule has 0 aliphatic heterocycles. The molecule has 1 amide bonds. The summed E-state index contributed by atoms with van der Waals surface area (Å²) in [5.41, 5.74) is 5.25. The third kappa shape index (κ3) is 6.75. The third-order valence-corrected chi connectivity index (χ3v) is 1.18. The van der Waals surface area contributed by atoms with Gasteiger partial charge >= 0.3 is 0 Å². The summed E-state index contributed by atoms with van der Waals surface area (Å²) >= 11 is 0. The Morgan fingerprint density at radius 3 is 1.69 bits per heavy atom. The Balaban J connectivity index is 0.000000310. The molecule has 0 unspecified atom stereocenters. The van der Waals surface area contributed by atoms with E-state index in [1.54, 1.807) is 6.92 Å². The van der Waals surface area contributed by atoms with E-state index in [-0.39, 0.29) is 11.7 Å². The van der Waals surface area contributed by atoms with E-state index >= 15 is 0 Å². The fraction of sp³-hybridized carbons (Fsp3) is 0.200. The zero-order valence-corrected chi connectivity index (χ0v) is 7.78. The fourth-order valence-electron chi connectivity index (χ4n) is 0.673. The summed E-state index contributed by atoms with van der Waals surface area (Å²) in [5.74, 6) is -0.212. The Morgan fingerprint density at radius 1 is 1.08 bits per heavy atom. The molecule has 0 radical (unpaired) electrons. The first-order valence-electron chi connectivity index (χ1n) is 3.86. The van der Waals surface area contributed by atoms with E-state index in [0.29, 0.717) is 0 Å². The molecule has 0 atom stereocenters. The van der Waals surface area contributed by atoms with E-state index < -0.39 is 0 Å². The quantitative estimate of drug-likeness (QED) is 0.662. The zero-order chi connectivity index (χ0) is 10.3. The molecule has 0 heterocycles. The van der Waals surface area contributed by atoms with Crippen molar-refractivity contribution in [3.8, 4) is 0 Å². The topological polar surface area (TPSA) is 60.2 Å². The molecule has 3 heteroatoms. The molecule has 0 aliphatic rings. The first-order valence-corrected chi connectivity index (χ1v) is 3.86. The summed E-state index contributed by atoms with van der Waals surface area (Å²) in [5, 5.41) is 0. The first kappa shape index (κ1) is 11.4. The number of ketones is 1. The van der Waals surface area contributed by atoms with Gasteiger partial charge in [0.05, 0.1) is 0 Å². The van der Waals surface area contributed by atoms with Gasteiger partial charge in [0.25, 0.3) is 0 Å². The molecule has 1 rings (SSSR count). The minimum Gasteiger partial charge on any atom is -0.370 e. The fourth-order valence-corrected chi connectivity index (χ4v) is 0.673. The smallest absolute Gasteiger partial charge is 0.214 e. The predicted molar refractivity (Wildman–Crippen MR) is 51.3 cm³/mol. The lowest BCUT2D eigenvalue weighted by Gasteiger charge is -1.89. The minimum atomic E-state index is -0.333. The summed E-state index contributed by atoms with van der Waals surface area (Å²) in [6, 6.07) is 9.23. The van der Waals surface area contributed by atoms with Gasteiger partial charge in [-0.1, -0.05) is 30.3 Å². The lowest BCUT2D eigenvalue weighted by Crippen LogP contribution is -2.01. The maximum Gasteiger partial charge on any atom is 0.214 e. The second-order valence-electron chi connectivity index (χ2n) is 2.53. The van der Waals surface area contributed by atoms with E-state index in [9.17, 15) is 9.59 Å². The van der Waals surface area contributed by atoms with Crippen LogP contribution in [-0.4, -0.2) is 11.7 Å². The Labute approximate surface area is 77.6 Å². The van der Waals surface area contributed by atoms with Crippen LogP contribution in [-0.2, 0) is 4.79 Å².